The van der Waals surface area contributed by atoms with Gasteiger partial charge in [0.05, 0.1) is 16.8 Å². The molecular formula is C32H41N3O2S. The quantitative estimate of drug-likeness (QED) is 0.247. The number of nitrogens with zero attached hydrogens (tertiary/aromatic N) is 1. The van der Waals surface area contributed by atoms with Crippen molar-refractivity contribution >= 4 is 23.4 Å². The van der Waals surface area contributed by atoms with Gasteiger partial charge in [-0.2, -0.15) is 0 Å². The first-order chi connectivity index (χ1) is 18.5. The molecule has 1 aliphatic rings. The lowest BCUT2D eigenvalue weighted by Crippen LogP contribution is -2.28. The second kappa shape index (κ2) is 14.3. The van der Waals surface area contributed by atoms with Gasteiger partial charge < -0.3 is 20.7 Å². The van der Waals surface area contributed by atoms with Crippen molar-refractivity contribution in [1.82, 2.24) is 10.2 Å². The van der Waals surface area contributed by atoms with Gasteiger partial charge in [0.15, 0.2) is 0 Å². The summed E-state index contributed by atoms with van der Waals surface area (Å²) in [6.45, 7) is 4.53. The highest BCUT2D eigenvalue weighted by Crippen LogP contribution is 2.46. The van der Waals surface area contributed by atoms with Gasteiger partial charge in [-0.15, -0.1) is 11.8 Å². The number of hydrogen-bond acceptors (Lipinski definition) is 5. The number of aryl methyl sites for hydroxylation is 1. The third-order valence-electron chi connectivity index (χ3n) is 7.48. The summed E-state index contributed by atoms with van der Waals surface area (Å²) >= 11 is 1.70. The van der Waals surface area contributed by atoms with E-state index in [1.165, 1.54) is 11.1 Å². The first kappa shape index (κ1) is 28.1. The zero-order valence-corrected chi connectivity index (χ0v) is 23.5. The van der Waals surface area contributed by atoms with E-state index < -0.39 is 0 Å². The van der Waals surface area contributed by atoms with Gasteiger partial charge in [0.2, 0.25) is 5.91 Å². The molecule has 1 heterocycles. The van der Waals surface area contributed by atoms with Gasteiger partial charge >= 0.3 is 0 Å². The Kier molecular flexibility index (Phi) is 10.5. The van der Waals surface area contributed by atoms with E-state index in [9.17, 15) is 4.79 Å². The van der Waals surface area contributed by atoms with Gasteiger partial charge in [-0.1, -0.05) is 79.7 Å². The summed E-state index contributed by atoms with van der Waals surface area (Å²) in [4.78, 5) is 14.3. The minimum Gasteiger partial charge on any atom is -0.490 e. The minimum atomic E-state index is 0.0772. The number of rotatable bonds is 14. The van der Waals surface area contributed by atoms with Crippen LogP contribution in [0.15, 0.2) is 78.9 Å². The van der Waals surface area contributed by atoms with Gasteiger partial charge in [-0.3, -0.25) is 4.79 Å². The van der Waals surface area contributed by atoms with Crippen LogP contribution >= 0.6 is 11.8 Å². The molecule has 3 aromatic carbocycles. The number of carbonyl (C=O) groups is 1. The molecule has 5 nitrogen and oxygen atoms in total. The smallest absolute Gasteiger partial charge is 0.230 e. The molecular weight excluding hydrogens is 490 g/mol. The highest BCUT2D eigenvalue weighted by atomic mass is 32.2. The van der Waals surface area contributed by atoms with Crippen LogP contribution in [-0.4, -0.2) is 48.7 Å². The van der Waals surface area contributed by atoms with Crippen LogP contribution in [0.25, 0.3) is 0 Å². The number of likely N-dealkylation sites (N-methyl/N-ethyl adjacent to an activating group) is 1. The molecule has 1 aliphatic heterocycles. The highest BCUT2D eigenvalue weighted by Gasteiger charge is 2.33. The van der Waals surface area contributed by atoms with Gasteiger partial charge in [0.25, 0.3) is 0 Å². The van der Waals surface area contributed by atoms with Crippen LogP contribution in [-0.2, 0) is 11.2 Å². The van der Waals surface area contributed by atoms with Crippen molar-refractivity contribution in [1.29, 1.82) is 0 Å². The van der Waals surface area contributed by atoms with Crippen LogP contribution in [0.3, 0.4) is 0 Å². The van der Waals surface area contributed by atoms with Crippen molar-refractivity contribution in [2.75, 3.05) is 38.2 Å². The largest absolute Gasteiger partial charge is 0.490 e. The van der Waals surface area contributed by atoms with Crippen LogP contribution < -0.4 is 15.8 Å². The molecule has 4 rings (SSSR count). The second-order valence-corrected chi connectivity index (χ2v) is 11.3. The molecule has 3 N–H and O–H groups in total. The predicted molar refractivity (Wildman–Crippen MR) is 160 cm³/mol. The van der Waals surface area contributed by atoms with Gasteiger partial charge in [-0.25, -0.2) is 0 Å². The number of ether oxygens (including phenoxy) is 1. The summed E-state index contributed by atoms with van der Waals surface area (Å²) in [7, 11) is 2.10. The topological polar surface area (TPSA) is 67.6 Å². The van der Waals surface area contributed by atoms with Gasteiger partial charge in [0, 0.05) is 12.1 Å². The van der Waals surface area contributed by atoms with Crippen molar-refractivity contribution in [2.24, 2.45) is 0 Å². The van der Waals surface area contributed by atoms with Crippen LogP contribution in [0.5, 0.6) is 5.75 Å². The summed E-state index contributed by atoms with van der Waals surface area (Å²) in [6, 6.07) is 27.6. The number of nitrogen functional groups attached to an aromatic ring is 1. The Labute approximate surface area is 232 Å². The molecule has 3 atom stereocenters. The van der Waals surface area contributed by atoms with E-state index in [0.29, 0.717) is 18.0 Å². The summed E-state index contributed by atoms with van der Waals surface area (Å²) < 4.78 is 6.41. The Morgan fingerprint density at radius 1 is 1.03 bits per heavy atom. The molecule has 6 heteroatoms. The molecule has 1 saturated heterocycles. The third kappa shape index (κ3) is 7.78. The number of benzene rings is 3. The van der Waals surface area contributed by atoms with E-state index in [4.69, 9.17) is 10.5 Å². The fraction of sp³-hybridized carbons (Fsp3) is 0.406. The van der Waals surface area contributed by atoms with Crippen LogP contribution in [0, 0.1) is 0 Å². The van der Waals surface area contributed by atoms with Gasteiger partial charge in [-0.05, 0) is 68.3 Å². The number of anilines is 1. The number of thioether (sulfide) groups is 1. The van der Waals surface area contributed by atoms with E-state index >= 15 is 0 Å². The molecule has 0 bridgehead atoms. The SMILES string of the molecule is CCN(C)CCOc1c(N)cccc1C(CC1NC(=O)CS1)C(CCCc1ccccc1)c1ccccc1. The first-order valence-electron chi connectivity index (χ1n) is 13.7. The molecule has 1 fully saturated rings. The fourth-order valence-corrected chi connectivity index (χ4v) is 6.26. The maximum Gasteiger partial charge on any atom is 0.230 e. The minimum absolute atomic E-state index is 0.0772. The Bertz CT molecular complexity index is 1140. The molecule has 0 saturated carbocycles. The maximum atomic E-state index is 12.1. The lowest BCUT2D eigenvalue weighted by molar-refractivity contribution is -0.118. The standard InChI is InChI=1S/C32H41N3O2S/c1-3-35(2)20-21-37-32-27(18-11-19-29(32)33)28(22-31-34-30(36)23-38-31)26(25-15-8-5-9-16-25)17-10-14-24-12-6-4-7-13-24/h4-9,11-13,15-16,18-19,26,28,31H,3,10,14,17,20-23,33H2,1-2H3,(H,34,36). The zero-order chi connectivity index (χ0) is 26.7. The molecule has 0 aliphatic carbocycles. The van der Waals surface area contributed by atoms with E-state index in [1.54, 1.807) is 11.8 Å². The van der Waals surface area contributed by atoms with Crippen LogP contribution in [0.4, 0.5) is 5.69 Å². The lowest BCUT2D eigenvalue weighted by atomic mass is 9.76. The maximum absolute atomic E-state index is 12.1. The normalized spacial score (nSPS) is 16.8. The monoisotopic (exact) mass is 531 g/mol. The second-order valence-electron chi connectivity index (χ2n) is 10.1. The Hall–Kier alpha value is -2.96. The predicted octanol–water partition coefficient (Wildman–Crippen LogP) is 6.07. The van der Waals surface area contributed by atoms with Crippen molar-refractivity contribution in [3.63, 3.8) is 0 Å². The number of carbonyl (C=O) groups excluding carboxylic acids is 1. The Morgan fingerprint density at radius 3 is 2.45 bits per heavy atom. The number of hydrogen-bond donors (Lipinski definition) is 2. The molecule has 1 amide bonds. The lowest BCUT2D eigenvalue weighted by Gasteiger charge is -2.32. The summed E-state index contributed by atoms with van der Waals surface area (Å²) in [6.07, 6.45) is 3.97. The van der Waals surface area contributed by atoms with E-state index in [1.807, 2.05) is 12.1 Å². The molecule has 0 radical (unpaired) electrons. The molecule has 0 spiro atoms. The van der Waals surface area contributed by atoms with E-state index in [0.717, 1.165) is 50.1 Å². The molecule has 3 unspecified atom stereocenters. The Morgan fingerprint density at radius 2 is 1.76 bits per heavy atom. The molecule has 202 valence electrons. The average molecular weight is 532 g/mol. The first-order valence-corrected chi connectivity index (χ1v) is 14.8. The fourth-order valence-electron chi connectivity index (χ4n) is 5.27. The average Bonchev–Trinajstić information content (AvgIpc) is 3.36. The molecule has 3 aromatic rings. The van der Waals surface area contributed by atoms with E-state index in [2.05, 4.69) is 90.9 Å². The molecule has 38 heavy (non-hydrogen) atoms. The number of para-hydroxylation sites is 1. The summed E-state index contributed by atoms with van der Waals surface area (Å²) in [5, 5.41) is 3.26. The van der Waals surface area contributed by atoms with E-state index in [-0.39, 0.29) is 23.1 Å². The zero-order valence-electron chi connectivity index (χ0n) is 22.6. The number of nitrogens with two attached hydrogens (primary N) is 1. The molecule has 0 aromatic heterocycles. The van der Waals surface area contributed by atoms with Crippen molar-refractivity contribution in [2.45, 2.75) is 49.8 Å². The summed E-state index contributed by atoms with van der Waals surface area (Å²) in [5.74, 6) is 1.84. The Balaban J connectivity index is 1.66. The van der Waals surface area contributed by atoms with Gasteiger partial charge in [0.1, 0.15) is 12.4 Å². The highest BCUT2D eigenvalue weighted by molar-refractivity contribution is 8.01. The van der Waals surface area contributed by atoms with Crippen LogP contribution in [0.2, 0.25) is 0 Å². The van der Waals surface area contributed by atoms with Crippen molar-refractivity contribution in [3.8, 4) is 5.75 Å². The number of amides is 1. The van der Waals surface area contributed by atoms with Crippen LogP contribution in [0.1, 0.15) is 54.7 Å². The third-order valence-corrected chi connectivity index (χ3v) is 8.62. The van der Waals surface area contributed by atoms with Crippen molar-refractivity contribution < 1.29 is 9.53 Å². The number of nitrogens with one attached hydrogen (secondary N) is 1. The van der Waals surface area contributed by atoms with Crippen molar-refractivity contribution in [3.05, 3.63) is 95.6 Å². The summed E-state index contributed by atoms with van der Waals surface area (Å²) in [5.41, 5.74) is 11.0.